The van der Waals surface area contributed by atoms with E-state index >= 15 is 0 Å². The summed E-state index contributed by atoms with van der Waals surface area (Å²) in [6.07, 6.45) is 1.59. The molecule has 33 heavy (non-hydrogen) atoms. The van der Waals surface area contributed by atoms with Gasteiger partial charge in [-0.25, -0.2) is 12.8 Å². The van der Waals surface area contributed by atoms with Gasteiger partial charge in [-0.2, -0.15) is 0 Å². The van der Waals surface area contributed by atoms with Crippen molar-refractivity contribution in [2.75, 3.05) is 23.7 Å². The normalized spacial score (nSPS) is 12.2. The number of para-hydroxylation sites is 1. The number of amides is 2. The minimum absolute atomic E-state index is 0.0364. The van der Waals surface area contributed by atoms with E-state index in [2.05, 4.69) is 5.32 Å². The lowest BCUT2D eigenvalue weighted by molar-refractivity contribution is -0.139. The summed E-state index contributed by atoms with van der Waals surface area (Å²) < 4.78 is 39.8. The summed E-state index contributed by atoms with van der Waals surface area (Å²) in [5.41, 5.74) is 0.329. The summed E-state index contributed by atoms with van der Waals surface area (Å²) in [4.78, 5) is 27.2. The molecule has 7 nitrogen and oxygen atoms in total. The number of carbonyl (C=O) groups excluding carboxylic acids is 2. The number of carbonyl (C=O) groups is 2. The molecule has 0 saturated heterocycles. The molecule has 2 rings (SSSR count). The van der Waals surface area contributed by atoms with Gasteiger partial charge in [-0.1, -0.05) is 48.3 Å². The molecular weight excluding hydrogens is 492 g/mol. The predicted octanol–water partition coefficient (Wildman–Crippen LogP) is 3.84. The first kappa shape index (κ1) is 26.9. The summed E-state index contributed by atoms with van der Waals surface area (Å²) >= 11 is 12.1. The molecule has 0 heterocycles. The zero-order valence-electron chi connectivity index (χ0n) is 18.5. The second-order valence-corrected chi connectivity index (χ2v) is 10.2. The van der Waals surface area contributed by atoms with E-state index in [1.165, 1.54) is 30.0 Å². The van der Waals surface area contributed by atoms with Crippen LogP contribution in [0.5, 0.6) is 0 Å². The van der Waals surface area contributed by atoms with Gasteiger partial charge in [-0.3, -0.25) is 13.9 Å². The van der Waals surface area contributed by atoms with Crippen molar-refractivity contribution in [2.24, 2.45) is 0 Å². The van der Waals surface area contributed by atoms with Crippen LogP contribution in [0.3, 0.4) is 0 Å². The van der Waals surface area contributed by atoms with Crippen LogP contribution < -0.4 is 9.62 Å². The highest BCUT2D eigenvalue weighted by Gasteiger charge is 2.30. The number of nitrogens with zero attached hydrogens (tertiary/aromatic N) is 2. The Hall–Kier alpha value is -2.36. The maximum absolute atomic E-state index is 14.4. The van der Waals surface area contributed by atoms with Gasteiger partial charge >= 0.3 is 0 Å². The van der Waals surface area contributed by atoms with Crippen LogP contribution in [-0.2, 0) is 26.2 Å². The Balaban J connectivity index is 2.40. The van der Waals surface area contributed by atoms with E-state index in [1.807, 2.05) is 6.92 Å². The van der Waals surface area contributed by atoms with Gasteiger partial charge in [0, 0.05) is 13.1 Å². The minimum atomic E-state index is -4.01. The van der Waals surface area contributed by atoms with Gasteiger partial charge < -0.3 is 10.2 Å². The lowest BCUT2D eigenvalue weighted by Gasteiger charge is -2.31. The Bertz CT molecular complexity index is 1110. The van der Waals surface area contributed by atoms with Crippen LogP contribution in [0, 0.1) is 5.82 Å². The van der Waals surface area contributed by atoms with Crippen LogP contribution in [0.2, 0.25) is 10.0 Å². The fourth-order valence-corrected chi connectivity index (χ4v) is 4.23. The SMILES string of the molecule is CCCNC(=O)[C@H](C)N(Cc1ccc(Cl)c(Cl)c1)C(=O)CN(c1ccccc1F)S(C)(=O)=O. The lowest BCUT2D eigenvalue weighted by Crippen LogP contribution is -2.51. The van der Waals surface area contributed by atoms with E-state index < -0.39 is 40.2 Å². The van der Waals surface area contributed by atoms with Crippen molar-refractivity contribution in [1.82, 2.24) is 10.2 Å². The van der Waals surface area contributed by atoms with E-state index in [-0.39, 0.29) is 17.3 Å². The van der Waals surface area contributed by atoms with E-state index in [4.69, 9.17) is 23.2 Å². The van der Waals surface area contributed by atoms with E-state index in [9.17, 15) is 22.4 Å². The van der Waals surface area contributed by atoms with Gasteiger partial charge in [0.05, 0.1) is 22.0 Å². The number of rotatable bonds is 10. The van der Waals surface area contributed by atoms with Gasteiger partial charge in [0.25, 0.3) is 0 Å². The molecule has 0 spiro atoms. The molecule has 2 amide bonds. The Morgan fingerprint density at radius 3 is 2.36 bits per heavy atom. The molecule has 1 N–H and O–H groups in total. The Morgan fingerprint density at radius 1 is 1.12 bits per heavy atom. The highest BCUT2D eigenvalue weighted by molar-refractivity contribution is 7.92. The highest BCUT2D eigenvalue weighted by atomic mass is 35.5. The lowest BCUT2D eigenvalue weighted by atomic mass is 10.1. The molecule has 0 unspecified atom stereocenters. The fourth-order valence-electron chi connectivity index (χ4n) is 3.06. The van der Waals surface area contributed by atoms with E-state index in [1.54, 1.807) is 18.2 Å². The summed E-state index contributed by atoms with van der Waals surface area (Å²) in [5, 5.41) is 3.33. The molecule has 0 bridgehead atoms. The largest absolute Gasteiger partial charge is 0.354 e. The summed E-state index contributed by atoms with van der Waals surface area (Å²) in [7, 11) is -4.01. The molecule has 0 aliphatic carbocycles. The molecule has 0 aromatic heterocycles. The summed E-state index contributed by atoms with van der Waals surface area (Å²) in [6, 6.07) is 9.10. The molecule has 0 aliphatic heterocycles. The van der Waals surface area contributed by atoms with Crippen molar-refractivity contribution in [3.8, 4) is 0 Å². The number of hydrogen-bond acceptors (Lipinski definition) is 4. The molecule has 11 heteroatoms. The van der Waals surface area contributed by atoms with Gasteiger partial charge in [0.1, 0.15) is 18.4 Å². The van der Waals surface area contributed by atoms with E-state index in [0.717, 1.165) is 12.3 Å². The first-order valence-electron chi connectivity index (χ1n) is 10.2. The first-order valence-corrected chi connectivity index (χ1v) is 12.8. The van der Waals surface area contributed by atoms with Crippen molar-refractivity contribution in [3.63, 3.8) is 0 Å². The molecule has 0 fully saturated rings. The highest BCUT2D eigenvalue weighted by Crippen LogP contribution is 2.25. The molecule has 1 atom stereocenters. The molecule has 0 radical (unpaired) electrons. The van der Waals surface area contributed by atoms with Crippen molar-refractivity contribution < 1.29 is 22.4 Å². The van der Waals surface area contributed by atoms with Crippen LogP contribution in [0.25, 0.3) is 0 Å². The van der Waals surface area contributed by atoms with Crippen LogP contribution in [0.4, 0.5) is 10.1 Å². The monoisotopic (exact) mass is 517 g/mol. The molecule has 0 saturated carbocycles. The second kappa shape index (κ2) is 11.7. The van der Waals surface area contributed by atoms with Gasteiger partial charge in [-0.15, -0.1) is 0 Å². The maximum Gasteiger partial charge on any atom is 0.244 e. The Morgan fingerprint density at radius 2 is 1.79 bits per heavy atom. The number of halogens is 3. The topological polar surface area (TPSA) is 86.8 Å². The quantitative estimate of drug-likeness (QED) is 0.518. The molecule has 0 aliphatic rings. The van der Waals surface area contributed by atoms with Gasteiger partial charge in [0.15, 0.2) is 0 Å². The van der Waals surface area contributed by atoms with E-state index in [0.29, 0.717) is 27.9 Å². The molecule has 2 aromatic rings. The smallest absolute Gasteiger partial charge is 0.244 e. The summed E-state index contributed by atoms with van der Waals surface area (Å²) in [6.45, 7) is 3.12. The van der Waals surface area contributed by atoms with Crippen molar-refractivity contribution in [3.05, 3.63) is 63.9 Å². The molecular formula is C22H26Cl2FN3O4S. The number of sulfonamides is 1. The number of anilines is 1. The van der Waals surface area contributed by atoms with Crippen LogP contribution in [-0.4, -0.2) is 50.5 Å². The zero-order chi connectivity index (χ0) is 24.8. The third-order valence-electron chi connectivity index (χ3n) is 4.85. The molecule has 180 valence electrons. The maximum atomic E-state index is 14.4. The fraction of sp³-hybridized carbons (Fsp3) is 0.364. The van der Waals surface area contributed by atoms with Crippen molar-refractivity contribution in [1.29, 1.82) is 0 Å². The standard InChI is InChI=1S/C22H26Cl2FN3O4S/c1-4-11-26-22(30)15(2)27(13-16-9-10-17(23)18(24)12-16)21(29)14-28(33(3,31)32)20-8-6-5-7-19(20)25/h5-10,12,15H,4,11,13-14H2,1-3H3,(H,26,30)/t15-/m0/s1. The van der Waals surface area contributed by atoms with Crippen LogP contribution >= 0.6 is 23.2 Å². The third kappa shape index (κ3) is 7.31. The average molecular weight is 518 g/mol. The number of nitrogens with one attached hydrogen (secondary N) is 1. The molecule has 2 aromatic carbocycles. The third-order valence-corrected chi connectivity index (χ3v) is 6.72. The number of hydrogen-bond donors (Lipinski definition) is 1. The Labute approximate surface area is 203 Å². The van der Waals surface area contributed by atoms with Gasteiger partial charge in [0.2, 0.25) is 21.8 Å². The second-order valence-electron chi connectivity index (χ2n) is 7.46. The average Bonchev–Trinajstić information content (AvgIpc) is 2.75. The van der Waals surface area contributed by atoms with Crippen molar-refractivity contribution >= 4 is 50.7 Å². The number of benzene rings is 2. The van der Waals surface area contributed by atoms with Crippen LogP contribution in [0.1, 0.15) is 25.8 Å². The Kier molecular flexibility index (Phi) is 9.51. The predicted molar refractivity (Wildman–Crippen MR) is 128 cm³/mol. The van der Waals surface area contributed by atoms with Gasteiger partial charge in [-0.05, 0) is 43.2 Å². The van der Waals surface area contributed by atoms with Crippen molar-refractivity contribution in [2.45, 2.75) is 32.9 Å². The zero-order valence-corrected chi connectivity index (χ0v) is 20.8. The minimum Gasteiger partial charge on any atom is -0.354 e. The summed E-state index contributed by atoms with van der Waals surface area (Å²) in [5.74, 6) is -1.88. The van der Waals surface area contributed by atoms with Crippen LogP contribution in [0.15, 0.2) is 42.5 Å². The first-order chi connectivity index (χ1) is 15.5.